The summed E-state index contributed by atoms with van der Waals surface area (Å²) in [7, 11) is 1.70. The highest BCUT2D eigenvalue weighted by atomic mass is 16.5. The van der Waals surface area contributed by atoms with E-state index in [0.717, 1.165) is 17.9 Å². The summed E-state index contributed by atoms with van der Waals surface area (Å²) in [5, 5.41) is 0. The first-order chi connectivity index (χ1) is 8.88. The third kappa shape index (κ3) is 3.87. The lowest BCUT2D eigenvalue weighted by atomic mass is 10.0. The molecule has 0 spiro atoms. The van der Waals surface area contributed by atoms with Crippen molar-refractivity contribution in [1.82, 2.24) is 0 Å². The predicted molar refractivity (Wildman–Crippen MR) is 82.9 cm³/mol. The van der Waals surface area contributed by atoms with E-state index in [1.807, 2.05) is 19.1 Å². The molecule has 0 aromatic heterocycles. The number of anilines is 1. The number of methoxy groups -OCH3 is 1. The fourth-order valence-corrected chi connectivity index (χ4v) is 2.40. The first kappa shape index (κ1) is 15.8. The van der Waals surface area contributed by atoms with E-state index in [-0.39, 0.29) is 6.04 Å². The minimum atomic E-state index is -0.0421. The second kappa shape index (κ2) is 6.80. The van der Waals surface area contributed by atoms with Crippen LogP contribution in [0.3, 0.4) is 0 Å². The van der Waals surface area contributed by atoms with Gasteiger partial charge in [-0.3, -0.25) is 0 Å². The molecule has 0 bridgehead atoms. The molecule has 1 rings (SSSR count). The molecule has 0 saturated carbocycles. The van der Waals surface area contributed by atoms with Crippen molar-refractivity contribution in [3.05, 3.63) is 23.8 Å². The van der Waals surface area contributed by atoms with Gasteiger partial charge in [0.15, 0.2) is 0 Å². The first-order valence-corrected chi connectivity index (χ1v) is 7.07. The second-order valence-corrected chi connectivity index (χ2v) is 5.82. The maximum atomic E-state index is 6.15. The number of nitrogens with zero attached hydrogens (tertiary/aromatic N) is 1. The monoisotopic (exact) mass is 264 g/mol. The van der Waals surface area contributed by atoms with Crippen molar-refractivity contribution in [2.24, 2.45) is 11.7 Å². The molecule has 3 heteroatoms. The van der Waals surface area contributed by atoms with Gasteiger partial charge in [-0.1, -0.05) is 19.9 Å². The molecule has 108 valence electrons. The van der Waals surface area contributed by atoms with E-state index in [0.29, 0.717) is 12.0 Å². The van der Waals surface area contributed by atoms with Gasteiger partial charge in [0.25, 0.3) is 0 Å². The zero-order valence-electron chi connectivity index (χ0n) is 13.1. The SMILES string of the molecule is COc1cccc(N(CC(C)C)C(C)C)c1[C@H](C)N. The highest BCUT2D eigenvalue weighted by molar-refractivity contribution is 5.61. The Labute approximate surface area is 117 Å². The maximum absolute atomic E-state index is 6.15. The van der Waals surface area contributed by atoms with E-state index in [4.69, 9.17) is 10.5 Å². The molecule has 1 aromatic rings. The molecule has 1 aromatic carbocycles. The van der Waals surface area contributed by atoms with Gasteiger partial charge >= 0.3 is 0 Å². The Morgan fingerprint density at radius 1 is 1.16 bits per heavy atom. The average molecular weight is 264 g/mol. The molecule has 0 aliphatic rings. The predicted octanol–water partition coefficient (Wildman–Crippen LogP) is 3.59. The Kier molecular flexibility index (Phi) is 5.67. The summed E-state index contributed by atoms with van der Waals surface area (Å²) in [6.07, 6.45) is 0. The normalized spacial score (nSPS) is 12.9. The average Bonchev–Trinajstić information content (AvgIpc) is 2.34. The van der Waals surface area contributed by atoms with Gasteiger partial charge in [0.1, 0.15) is 5.75 Å². The number of hydrogen-bond acceptors (Lipinski definition) is 3. The Balaban J connectivity index is 3.29. The minimum absolute atomic E-state index is 0.0421. The second-order valence-electron chi connectivity index (χ2n) is 5.82. The van der Waals surface area contributed by atoms with Crippen molar-refractivity contribution in [2.75, 3.05) is 18.6 Å². The van der Waals surface area contributed by atoms with Gasteiger partial charge in [0.05, 0.1) is 7.11 Å². The molecule has 0 heterocycles. The first-order valence-electron chi connectivity index (χ1n) is 7.07. The number of nitrogens with two attached hydrogens (primary N) is 1. The van der Waals surface area contributed by atoms with Crippen LogP contribution in [0, 0.1) is 5.92 Å². The fraction of sp³-hybridized carbons (Fsp3) is 0.625. The van der Waals surface area contributed by atoms with Crippen molar-refractivity contribution >= 4 is 5.69 Å². The summed E-state index contributed by atoms with van der Waals surface area (Å²) in [5.74, 6) is 1.48. The largest absolute Gasteiger partial charge is 0.496 e. The number of hydrogen-bond donors (Lipinski definition) is 1. The van der Waals surface area contributed by atoms with E-state index in [2.05, 4.69) is 38.7 Å². The van der Waals surface area contributed by atoms with Crippen molar-refractivity contribution in [1.29, 1.82) is 0 Å². The molecule has 0 saturated heterocycles. The van der Waals surface area contributed by atoms with Crippen LogP contribution in [-0.2, 0) is 0 Å². The van der Waals surface area contributed by atoms with E-state index < -0.39 is 0 Å². The van der Waals surface area contributed by atoms with Gasteiger partial charge in [0.2, 0.25) is 0 Å². The Hall–Kier alpha value is -1.22. The van der Waals surface area contributed by atoms with Crippen LogP contribution in [0.5, 0.6) is 5.75 Å². The zero-order chi connectivity index (χ0) is 14.6. The van der Waals surface area contributed by atoms with E-state index in [1.54, 1.807) is 7.11 Å². The summed E-state index contributed by atoms with van der Waals surface area (Å²) in [6, 6.07) is 6.56. The molecule has 3 nitrogen and oxygen atoms in total. The topological polar surface area (TPSA) is 38.5 Å². The molecule has 0 fully saturated rings. The van der Waals surface area contributed by atoms with E-state index in [1.165, 1.54) is 5.69 Å². The minimum Gasteiger partial charge on any atom is -0.496 e. The molecule has 0 aliphatic carbocycles. The molecule has 0 amide bonds. The fourth-order valence-electron chi connectivity index (χ4n) is 2.40. The number of benzene rings is 1. The zero-order valence-corrected chi connectivity index (χ0v) is 13.1. The van der Waals surface area contributed by atoms with Crippen LogP contribution in [0.25, 0.3) is 0 Å². The Bertz CT molecular complexity index is 400. The van der Waals surface area contributed by atoms with Gasteiger partial charge in [-0.2, -0.15) is 0 Å². The highest BCUT2D eigenvalue weighted by Crippen LogP contribution is 2.34. The summed E-state index contributed by atoms with van der Waals surface area (Å²) in [5.41, 5.74) is 8.44. The summed E-state index contributed by atoms with van der Waals surface area (Å²) < 4.78 is 5.48. The molecule has 2 N–H and O–H groups in total. The maximum Gasteiger partial charge on any atom is 0.125 e. The summed E-state index contributed by atoms with van der Waals surface area (Å²) in [4.78, 5) is 2.41. The lowest BCUT2D eigenvalue weighted by Gasteiger charge is -2.33. The lowest BCUT2D eigenvalue weighted by molar-refractivity contribution is 0.406. The number of rotatable bonds is 6. The quantitative estimate of drug-likeness (QED) is 0.853. The van der Waals surface area contributed by atoms with Gasteiger partial charge < -0.3 is 15.4 Å². The molecule has 1 atom stereocenters. The van der Waals surface area contributed by atoms with Gasteiger partial charge in [-0.25, -0.2) is 0 Å². The highest BCUT2D eigenvalue weighted by Gasteiger charge is 2.20. The molecule has 0 radical (unpaired) electrons. The Morgan fingerprint density at radius 3 is 2.21 bits per heavy atom. The molecular formula is C16H28N2O. The molecule has 19 heavy (non-hydrogen) atoms. The van der Waals surface area contributed by atoms with E-state index >= 15 is 0 Å². The van der Waals surface area contributed by atoms with Crippen LogP contribution in [-0.4, -0.2) is 19.7 Å². The van der Waals surface area contributed by atoms with Crippen molar-refractivity contribution < 1.29 is 4.74 Å². The molecule has 0 unspecified atom stereocenters. The van der Waals surface area contributed by atoms with Crippen LogP contribution >= 0.6 is 0 Å². The molecular weight excluding hydrogens is 236 g/mol. The van der Waals surface area contributed by atoms with E-state index in [9.17, 15) is 0 Å². The van der Waals surface area contributed by atoms with Gasteiger partial charge in [-0.15, -0.1) is 0 Å². The van der Waals surface area contributed by atoms with Crippen LogP contribution in [0.4, 0.5) is 5.69 Å². The van der Waals surface area contributed by atoms with Gasteiger partial charge in [0, 0.05) is 29.9 Å². The smallest absolute Gasteiger partial charge is 0.125 e. The van der Waals surface area contributed by atoms with Crippen LogP contribution in [0.2, 0.25) is 0 Å². The van der Waals surface area contributed by atoms with Crippen molar-refractivity contribution in [2.45, 2.75) is 46.7 Å². The third-order valence-corrected chi connectivity index (χ3v) is 3.21. The van der Waals surface area contributed by atoms with Crippen LogP contribution in [0.1, 0.15) is 46.2 Å². The van der Waals surface area contributed by atoms with Crippen molar-refractivity contribution in [3.63, 3.8) is 0 Å². The van der Waals surface area contributed by atoms with Crippen LogP contribution in [0.15, 0.2) is 18.2 Å². The summed E-state index contributed by atoms with van der Waals surface area (Å²) >= 11 is 0. The third-order valence-electron chi connectivity index (χ3n) is 3.21. The van der Waals surface area contributed by atoms with Crippen LogP contribution < -0.4 is 15.4 Å². The summed E-state index contributed by atoms with van der Waals surface area (Å²) in [6.45, 7) is 11.9. The molecule has 0 aliphatic heterocycles. The standard InChI is InChI=1S/C16H28N2O/c1-11(2)10-18(12(3)4)14-8-7-9-15(19-6)16(14)13(5)17/h7-9,11-13H,10,17H2,1-6H3/t13-/m0/s1. The van der Waals surface area contributed by atoms with Gasteiger partial charge in [-0.05, 0) is 38.8 Å². The Morgan fingerprint density at radius 2 is 1.79 bits per heavy atom. The lowest BCUT2D eigenvalue weighted by Crippen LogP contribution is -2.35. The van der Waals surface area contributed by atoms with Crippen molar-refractivity contribution in [3.8, 4) is 5.75 Å². The number of ether oxygens (including phenoxy) is 1.